The number of rotatable bonds is 8. The first kappa shape index (κ1) is 25.6. The van der Waals surface area contributed by atoms with E-state index in [2.05, 4.69) is 7.05 Å². The van der Waals surface area contributed by atoms with Crippen molar-refractivity contribution in [2.24, 2.45) is 0 Å². The smallest absolute Gasteiger partial charge is 0.308 e. The number of ether oxygens (including phenoxy) is 3. The molecule has 1 N–H and O–H groups in total. The molecule has 192 valence electrons. The second-order valence-electron chi connectivity index (χ2n) is 9.99. The fourth-order valence-corrected chi connectivity index (χ4v) is 5.81. The summed E-state index contributed by atoms with van der Waals surface area (Å²) in [6, 6.07) is 9.72. The molecule has 2 aromatic carbocycles. The first-order valence-corrected chi connectivity index (χ1v) is 12.2. The van der Waals surface area contributed by atoms with Crippen molar-refractivity contribution >= 4 is 34.6 Å². The Hall–Kier alpha value is -3.46. The van der Waals surface area contributed by atoms with Gasteiger partial charge in [-0.25, -0.2) is 0 Å². The second-order valence-corrected chi connectivity index (χ2v) is 9.99. The van der Waals surface area contributed by atoms with E-state index >= 15 is 0 Å². The lowest BCUT2D eigenvalue weighted by Gasteiger charge is -2.47. The van der Waals surface area contributed by atoms with Gasteiger partial charge in [0.25, 0.3) is 0 Å². The van der Waals surface area contributed by atoms with E-state index in [9.17, 15) is 19.2 Å². The average molecular weight is 499 g/mol. The highest BCUT2D eigenvalue weighted by atomic mass is 16.5. The highest BCUT2D eigenvalue weighted by Crippen LogP contribution is 2.45. The number of hydrogen-bond acceptors (Lipinski definition) is 7. The number of hydrogen-bond donors (Lipinski definition) is 1. The SMILES string of the molecule is CC(=O)Oc1cc2c(OC(C)=O)cccc2cc1C[N+]1(C)[C@@H]2CC[C@H]1CC(OC(=O)CCC(=O)O)C2. The van der Waals surface area contributed by atoms with E-state index < -0.39 is 23.9 Å². The highest BCUT2D eigenvalue weighted by molar-refractivity contribution is 5.92. The average Bonchev–Trinajstić information content (AvgIpc) is 2.94. The van der Waals surface area contributed by atoms with Gasteiger partial charge in [0.2, 0.25) is 0 Å². The molecule has 2 aliphatic heterocycles. The van der Waals surface area contributed by atoms with Crippen LogP contribution >= 0.6 is 0 Å². The van der Waals surface area contributed by atoms with Crippen LogP contribution in [-0.4, -0.2) is 58.7 Å². The Morgan fingerprint density at radius 1 is 0.944 bits per heavy atom. The lowest BCUT2D eigenvalue weighted by molar-refractivity contribution is -0.961. The number of nitrogens with zero attached hydrogens (tertiary/aromatic N) is 1. The molecule has 2 fully saturated rings. The second kappa shape index (κ2) is 10.3. The van der Waals surface area contributed by atoms with Gasteiger partial charge in [-0.15, -0.1) is 0 Å². The van der Waals surface area contributed by atoms with Crippen LogP contribution < -0.4 is 9.47 Å². The van der Waals surface area contributed by atoms with Crippen molar-refractivity contribution in [3.05, 3.63) is 35.9 Å². The van der Waals surface area contributed by atoms with Crippen molar-refractivity contribution in [3.8, 4) is 11.5 Å². The maximum absolute atomic E-state index is 12.1. The summed E-state index contributed by atoms with van der Waals surface area (Å²) in [4.78, 5) is 46.3. The molecule has 2 aromatic rings. The van der Waals surface area contributed by atoms with Gasteiger partial charge in [-0.2, -0.15) is 0 Å². The van der Waals surface area contributed by atoms with Gasteiger partial charge in [0.15, 0.2) is 0 Å². The molecule has 9 heteroatoms. The molecular weight excluding hydrogens is 466 g/mol. The number of esters is 3. The van der Waals surface area contributed by atoms with E-state index in [0.29, 0.717) is 36.3 Å². The molecule has 0 amide bonds. The third-order valence-electron chi connectivity index (χ3n) is 7.45. The van der Waals surface area contributed by atoms with Crippen LogP contribution in [0.5, 0.6) is 11.5 Å². The van der Waals surface area contributed by atoms with E-state index in [1.807, 2.05) is 18.2 Å². The Kier molecular flexibility index (Phi) is 7.31. The summed E-state index contributed by atoms with van der Waals surface area (Å²) < 4.78 is 17.3. The number of fused-ring (bicyclic) bond motifs is 3. The normalized spacial score (nSPS) is 24.8. The zero-order valence-electron chi connectivity index (χ0n) is 20.8. The first-order valence-electron chi connectivity index (χ1n) is 12.2. The molecule has 36 heavy (non-hydrogen) atoms. The van der Waals surface area contributed by atoms with Crippen LogP contribution in [0.25, 0.3) is 10.8 Å². The molecule has 2 saturated heterocycles. The third-order valence-corrected chi connectivity index (χ3v) is 7.45. The van der Waals surface area contributed by atoms with E-state index in [0.717, 1.165) is 28.3 Å². The van der Waals surface area contributed by atoms with Crippen molar-refractivity contribution in [3.63, 3.8) is 0 Å². The number of carbonyl (C=O) groups is 4. The van der Waals surface area contributed by atoms with Crippen molar-refractivity contribution < 1.29 is 43.0 Å². The van der Waals surface area contributed by atoms with Gasteiger partial charge in [-0.05, 0) is 23.6 Å². The zero-order chi connectivity index (χ0) is 26.0. The number of piperidine rings is 1. The van der Waals surface area contributed by atoms with E-state index in [1.165, 1.54) is 13.8 Å². The largest absolute Gasteiger partial charge is 0.481 e. The fraction of sp³-hybridized carbons (Fsp3) is 0.481. The monoisotopic (exact) mass is 498 g/mol. The number of carboxylic acids is 1. The Morgan fingerprint density at radius 2 is 1.58 bits per heavy atom. The topological polar surface area (TPSA) is 116 Å². The summed E-state index contributed by atoms with van der Waals surface area (Å²) in [5, 5.41) is 10.4. The summed E-state index contributed by atoms with van der Waals surface area (Å²) in [6.45, 7) is 3.33. The Labute approximate surface area is 209 Å². The minimum absolute atomic E-state index is 0.120. The summed E-state index contributed by atoms with van der Waals surface area (Å²) >= 11 is 0. The molecule has 0 spiro atoms. The molecular formula is C27H32NO8+. The van der Waals surface area contributed by atoms with Crippen LogP contribution in [0.15, 0.2) is 30.3 Å². The van der Waals surface area contributed by atoms with Crippen molar-refractivity contribution in [2.45, 2.75) is 77.1 Å². The van der Waals surface area contributed by atoms with Gasteiger partial charge in [0, 0.05) is 50.5 Å². The first-order chi connectivity index (χ1) is 17.0. The number of aliphatic carboxylic acids is 1. The summed E-state index contributed by atoms with van der Waals surface area (Å²) in [7, 11) is 2.20. The lowest BCUT2D eigenvalue weighted by atomic mass is 9.94. The van der Waals surface area contributed by atoms with Crippen molar-refractivity contribution in [1.29, 1.82) is 0 Å². The number of carboxylic acid groups (broad SMARTS) is 1. The van der Waals surface area contributed by atoms with Gasteiger partial charge in [-0.3, -0.25) is 19.2 Å². The molecule has 9 nitrogen and oxygen atoms in total. The van der Waals surface area contributed by atoms with E-state index in [1.54, 1.807) is 12.1 Å². The van der Waals surface area contributed by atoms with Crippen LogP contribution in [0, 0.1) is 0 Å². The minimum atomic E-state index is -1.01. The maximum Gasteiger partial charge on any atom is 0.308 e. The summed E-state index contributed by atoms with van der Waals surface area (Å²) in [5.41, 5.74) is 0.883. The lowest BCUT2D eigenvalue weighted by Crippen LogP contribution is -2.58. The summed E-state index contributed by atoms with van der Waals surface area (Å²) in [5.74, 6) is -1.49. The maximum atomic E-state index is 12.1. The molecule has 4 atom stereocenters. The zero-order valence-corrected chi connectivity index (χ0v) is 20.8. The van der Waals surface area contributed by atoms with Crippen molar-refractivity contribution in [2.75, 3.05) is 7.05 Å². The molecule has 0 saturated carbocycles. The Balaban J connectivity index is 1.58. The third kappa shape index (κ3) is 5.51. The number of carbonyl (C=O) groups excluding carboxylic acids is 3. The molecule has 4 rings (SSSR count). The Bertz CT molecular complexity index is 1190. The van der Waals surface area contributed by atoms with Crippen molar-refractivity contribution in [1.82, 2.24) is 0 Å². The Morgan fingerprint density at radius 3 is 2.19 bits per heavy atom. The van der Waals surface area contributed by atoms with Crippen LogP contribution in [0.2, 0.25) is 0 Å². The molecule has 2 aliphatic rings. The van der Waals surface area contributed by atoms with E-state index in [4.69, 9.17) is 19.3 Å². The van der Waals surface area contributed by atoms with Crippen LogP contribution in [0.4, 0.5) is 0 Å². The van der Waals surface area contributed by atoms with Gasteiger partial charge >= 0.3 is 23.9 Å². The molecule has 0 aliphatic carbocycles. The molecule has 0 aromatic heterocycles. The fourth-order valence-electron chi connectivity index (χ4n) is 5.81. The standard InChI is InChI=1S/C27H31NO8/c1-16(29)34-24-6-4-5-18-11-19(25(14-23(18)24)35-17(2)30)15-28(3)20-7-8-21(28)13-22(12-20)36-27(33)10-9-26(31)32/h4-6,11,14,20-22H,7-10,12-13,15H2,1-3H3/p+1/t20-,21+,22?,28?. The van der Waals surface area contributed by atoms with Gasteiger partial charge in [0.1, 0.15) is 24.1 Å². The summed E-state index contributed by atoms with van der Waals surface area (Å²) in [6.07, 6.45) is 2.84. The van der Waals surface area contributed by atoms with Crippen LogP contribution in [0.1, 0.15) is 57.9 Å². The van der Waals surface area contributed by atoms with Gasteiger partial charge < -0.3 is 23.8 Å². The molecule has 2 heterocycles. The van der Waals surface area contributed by atoms with E-state index in [-0.39, 0.29) is 31.0 Å². The number of benzene rings is 2. The van der Waals surface area contributed by atoms with Crippen LogP contribution in [0.3, 0.4) is 0 Å². The van der Waals surface area contributed by atoms with Crippen LogP contribution in [-0.2, 0) is 30.5 Å². The molecule has 0 radical (unpaired) electrons. The predicted molar refractivity (Wildman–Crippen MR) is 129 cm³/mol. The molecule has 2 bridgehead atoms. The van der Waals surface area contributed by atoms with Gasteiger partial charge in [0.05, 0.1) is 32.0 Å². The minimum Gasteiger partial charge on any atom is -0.481 e. The number of quaternary nitrogens is 1. The van der Waals surface area contributed by atoms with Gasteiger partial charge in [-0.1, -0.05) is 12.1 Å². The molecule has 2 unspecified atom stereocenters. The highest BCUT2D eigenvalue weighted by Gasteiger charge is 2.52. The predicted octanol–water partition coefficient (Wildman–Crippen LogP) is 3.74. The quantitative estimate of drug-likeness (QED) is 0.332.